The molecule has 1 heterocycles. The third-order valence-electron chi connectivity index (χ3n) is 2.68. The first kappa shape index (κ1) is 8.30. The largest absolute Gasteiger partial charge is 0.214 e. The fraction of sp³-hybridized carbons (Fsp3) is 0.364. The molecule has 0 saturated carbocycles. The second kappa shape index (κ2) is 3.21. The smallest absolute Gasteiger partial charge is 0.189 e. The monoisotopic (exact) mass is 175 g/mol. The second-order valence-corrected chi connectivity index (χ2v) is 3.47. The SMILES string of the molecule is CN1CCC(c2ccccc2)=[N+]1C. The Balaban J connectivity index is 2.38. The van der Waals surface area contributed by atoms with E-state index in [9.17, 15) is 0 Å². The van der Waals surface area contributed by atoms with Gasteiger partial charge in [-0.1, -0.05) is 18.2 Å². The number of hydrogen-bond donors (Lipinski definition) is 0. The summed E-state index contributed by atoms with van der Waals surface area (Å²) < 4.78 is 2.23. The molecule has 0 atom stereocenters. The van der Waals surface area contributed by atoms with Crippen LogP contribution in [0.1, 0.15) is 12.0 Å². The molecule has 0 radical (unpaired) electrons. The summed E-state index contributed by atoms with van der Waals surface area (Å²) in [7, 11) is 4.24. The Bertz CT molecular complexity index is 327. The van der Waals surface area contributed by atoms with Gasteiger partial charge in [0.2, 0.25) is 5.71 Å². The lowest BCUT2D eigenvalue weighted by Crippen LogP contribution is -2.24. The highest BCUT2D eigenvalue weighted by Crippen LogP contribution is 2.10. The number of rotatable bonds is 1. The topological polar surface area (TPSA) is 6.25 Å². The van der Waals surface area contributed by atoms with Crippen LogP contribution in [-0.4, -0.2) is 36.0 Å². The molecule has 0 bridgehead atoms. The van der Waals surface area contributed by atoms with E-state index in [1.807, 2.05) is 0 Å². The lowest BCUT2D eigenvalue weighted by molar-refractivity contribution is -0.651. The molecule has 0 fully saturated rings. The van der Waals surface area contributed by atoms with E-state index in [0.717, 1.165) is 13.0 Å². The van der Waals surface area contributed by atoms with Crippen LogP contribution < -0.4 is 0 Å². The first-order valence-electron chi connectivity index (χ1n) is 4.65. The maximum Gasteiger partial charge on any atom is 0.214 e. The lowest BCUT2D eigenvalue weighted by atomic mass is 10.1. The van der Waals surface area contributed by atoms with Crippen LogP contribution in [0.25, 0.3) is 0 Å². The number of nitrogens with zero attached hydrogens (tertiary/aromatic N) is 2. The molecule has 1 aliphatic rings. The molecule has 68 valence electrons. The van der Waals surface area contributed by atoms with Crippen molar-refractivity contribution in [3.05, 3.63) is 35.9 Å². The van der Waals surface area contributed by atoms with Gasteiger partial charge in [0.05, 0.1) is 20.0 Å². The van der Waals surface area contributed by atoms with Gasteiger partial charge in [-0.3, -0.25) is 0 Å². The zero-order valence-electron chi connectivity index (χ0n) is 8.20. The Morgan fingerprint density at radius 3 is 2.46 bits per heavy atom. The molecule has 1 aliphatic heterocycles. The standard InChI is InChI=1S/C11H15N2/c1-12-9-8-11(13(12)2)10-6-4-3-5-7-10/h3-7H,8-9H2,1-2H3/q+1. The fourth-order valence-electron chi connectivity index (χ4n) is 1.75. The molecule has 1 aromatic carbocycles. The highest BCUT2D eigenvalue weighted by Gasteiger charge is 2.24. The molecule has 1 aromatic rings. The first-order valence-corrected chi connectivity index (χ1v) is 4.65. The van der Waals surface area contributed by atoms with E-state index in [-0.39, 0.29) is 0 Å². The Labute approximate surface area is 79.1 Å². The van der Waals surface area contributed by atoms with Gasteiger partial charge in [0.25, 0.3) is 0 Å². The van der Waals surface area contributed by atoms with Crippen LogP contribution in [0.4, 0.5) is 0 Å². The predicted molar refractivity (Wildman–Crippen MR) is 54.0 cm³/mol. The van der Waals surface area contributed by atoms with Crippen LogP contribution >= 0.6 is 0 Å². The van der Waals surface area contributed by atoms with Gasteiger partial charge in [-0.25, -0.2) is 0 Å². The molecule has 13 heavy (non-hydrogen) atoms. The van der Waals surface area contributed by atoms with Gasteiger partial charge >= 0.3 is 0 Å². The van der Waals surface area contributed by atoms with Crippen molar-refractivity contribution in [2.75, 3.05) is 20.6 Å². The average Bonchev–Trinajstić information content (AvgIpc) is 2.49. The van der Waals surface area contributed by atoms with Crippen molar-refractivity contribution in [1.82, 2.24) is 5.01 Å². The summed E-state index contributed by atoms with van der Waals surface area (Å²) in [5, 5.41) is 2.24. The van der Waals surface area contributed by atoms with Crippen LogP contribution in [-0.2, 0) is 0 Å². The Morgan fingerprint density at radius 1 is 1.23 bits per heavy atom. The highest BCUT2D eigenvalue weighted by molar-refractivity contribution is 5.97. The van der Waals surface area contributed by atoms with E-state index in [1.54, 1.807) is 0 Å². The first-order chi connectivity index (χ1) is 6.29. The van der Waals surface area contributed by atoms with E-state index in [4.69, 9.17) is 0 Å². The fourth-order valence-corrected chi connectivity index (χ4v) is 1.75. The molecule has 0 N–H and O–H groups in total. The van der Waals surface area contributed by atoms with E-state index in [0.29, 0.717) is 0 Å². The minimum atomic E-state index is 1.13. The zero-order valence-corrected chi connectivity index (χ0v) is 8.20. The molecule has 0 saturated heterocycles. The zero-order chi connectivity index (χ0) is 9.26. The summed E-state index contributed by atoms with van der Waals surface area (Å²) in [6.45, 7) is 1.13. The minimum absolute atomic E-state index is 1.13. The molecule has 2 rings (SSSR count). The Morgan fingerprint density at radius 2 is 1.92 bits per heavy atom. The second-order valence-electron chi connectivity index (χ2n) is 3.47. The van der Waals surface area contributed by atoms with Gasteiger partial charge in [0.15, 0.2) is 7.05 Å². The van der Waals surface area contributed by atoms with E-state index in [1.165, 1.54) is 11.3 Å². The molecule has 0 aromatic heterocycles. The van der Waals surface area contributed by atoms with E-state index in [2.05, 4.69) is 54.1 Å². The van der Waals surface area contributed by atoms with Crippen LogP contribution in [0, 0.1) is 0 Å². The van der Waals surface area contributed by atoms with Crippen molar-refractivity contribution in [3.8, 4) is 0 Å². The van der Waals surface area contributed by atoms with Gasteiger partial charge < -0.3 is 0 Å². The van der Waals surface area contributed by atoms with Gasteiger partial charge in [0.1, 0.15) is 0 Å². The predicted octanol–water partition coefficient (Wildman–Crippen LogP) is 1.37. The van der Waals surface area contributed by atoms with Crippen LogP contribution in [0.3, 0.4) is 0 Å². The minimum Gasteiger partial charge on any atom is -0.189 e. The Hall–Kier alpha value is -1.31. The molecule has 2 heteroatoms. The summed E-state index contributed by atoms with van der Waals surface area (Å²) >= 11 is 0. The quantitative estimate of drug-likeness (QED) is 0.584. The van der Waals surface area contributed by atoms with Gasteiger partial charge in [-0.05, 0) is 12.1 Å². The van der Waals surface area contributed by atoms with Crippen molar-refractivity contribution < 1.29 is 4.68 Å². The van der Waals surface area contributed by atoms with Gasteiger partial charge in [0, 0.05) is 5.56 Å². The molecular formula is C11H15N2+. The summed E-state index contributed by atoms with van der Waals surface area (Å²) in [4.78, 5) is 0. The molecule has 0 amide bonds. The molecule has 2 nitrogen and oxygen atoms in total. The van der Waals surface area contributed by atoms with E-state index >= 15 is 0 Å². The van der Waals surface area contributed by atoms with Crippen molar-refractivity contribution in [2.45, 2.75) is 6.42 Å². The molecule has 0 spiro atoms. The Kier molecular flexibility index (Phi) is 2.05. The van der Waals surface area contributed by atoms with Gasteiger partial charge in [-0.15, -0.1) is 4.68 Å². The van der Waals surface area contributed by atoms with Crippen LogP contribution in [0.2, 0.25) is 0 Å². The summed E-state index contributed by atoms with van der Waals surface area (Å²) in [6.07, 6.45) is 1.15. The van der Waals surface area contributed by atoms with Crippen molar-refractivity contribution >= 4 is 5.71 Å². The number of benzene rings is 1. The summed E-state index contributed by atoms with van der Waals surface area (Å²) in [5.74, 6) is 0. The van der Waals surface area contributed by atoms with Crippen LogP contribution in [0.5, 0.6) is 0 Å². The maximum absolute atomic E-state index is 2.24. The van der Waals surface area contributed by atoms with Gasteiger partial charge in [-0.2, -0.15) is 5.01 Å². The molecule has 0 unspecified atom stereocenters. The molecule has 0 aliphatic carbocycles. The maximum atomic E-state index is 2.24. The van der Waals surface area contributed by atoms with Crippen LogP contribution in [0.15, 0.2) is 30.3 Å². The summed E-state index contributed by atoms with van der Waals surface area (Å²) in [6, 6.07) is 10.6. The number of hydrazone groups is 1. The summed E-state index contributed by atoms with van der Waals surface area (Å²) in [5.41, 5.74) is 2.76. The van der Waals surface area contributed by atoms with Crippen molar-refractivity contribution in [3.63, 3.8) is 0 Å². The van der Waals surface area contributed by atoms with Crippen molar-refractivity contribution in [2.24, 2.45) is 0 Å². The lowest BCUT2D eigenvalue weighted by Gasteiger charge is -2.04. The third-order valence-corrected chi connectivity index (χ3v) is 2.68. The molecular weight excluding hydrogens is 160 g/mol. The number of hydrogen-bond acceptors (Lipinski definition) is 1. The number of hydrazine groups is 1. The third kappa shape index (κ3) is 1.44. The average molecular weight is 175 g/mol. The normalized spacial score (nSPS) is 16.9. The van der Waals surface area contributed by atoms with Crippen molar-refractivity contribution in [1.29, 1.82) is 0 Å². The highest BCUT2D eigenvalue weighted by atomic mass is 15.6. The van der Waals surface area contributed by atoms with E-state index < -0.39 is 0 Å².